The predicted molar refractivity (Wildman–Crippen MR) is 61.3 cm³/mol. The number of nitrogens with one attached hydrogen (secondary N) is 1. The Morgan fingerprint density at radius 1 is 1.59 bits per heavy atom. The van der Waals surface area contributed by atoms with Crippen molar-refractivity contribution in [3.05, 3.63) is 18.1 Å². The summed E-state index contributed by atoms with van der Waals surface area (Å²) in [7, 11) is 0. The molecule has 1 rings (SSSR count). The number of carbonyl (C=O) groups is 1. The van der Waals surface area contributed by atoms with Gasteiger partial charge in [-0.1, -0.05) is 13.3 Å². The maximum Gasteiger partial charge on any atom is 0.308 e. The highest BCUT2D eigenvalue weighted by Gasteiger charge is 2.15. The molecule has 0 radical (unpaired) electrons. The lowest BCUT2D eigenvalue weighted by atomic mass is 10.0. The second-order valence-electron chi connectivity index (χ2n) is 3.60. The fourth-order valence-corrected chi connectivity index (χ4v) is 1.37. The van der Waals surface area contributed by atoms with Crippen molar-refractivity contribution in [1.29, 1.82) is 5.26 Å². The van der Waals surface area contributed by atoms with Gasteiger partial charge in [0.25, 0.3) is 0 Å². The highest BCUT2D eigenvalue weighted by molar-refractivity contribution is 5.70. The quantitative estimate of drug-likeness (QED) is 0.768. The van der Waals surface area contributed by atoms with Gasteiger partial charge >= 0.3 is 5.97 Å². The fraction of sp³-hybridized carbons (Fsp3) is 0.455. The largest absolute Gasteiger partial charge is 0.481 e. The number of nitriles is 1. The molecular weight excluding hydrogens is 220 g/mol. The number of aliphatic carboxylic acids is 1. The number of carboxylic acids is 1. The Bertz CT molecular complexity index is 410. The number of hydrogen-bond acceptors (Lipinski definition) is 5. The average Bonchev–Trinajstić information content (AvgIpc) is 2.34. The Hall–Kier alpha value is -2.16. The molecular formula is C11H14N4O2. The number of carboxylic acid groups (broad SMARTS) is 1. The summed E-state index contributed by atoms with van der Waals surface area (Å²) in [6, 6.07) is 1.86. The first-order chi connectivity index (χ1) is 8.17. The molecule has 1 unspecified atom stereocenters. The summed E-state index contributed by atoms with van der Waals surface area (Å²) in [4.78, 5) is 18.7. The number of rotatable bonds is 6. The van der Waals surface area contributed by atoms with Gasteiger partial charge in [-0.25, -0.2) is 9.97 Å². The van der Waals surface area contributed by atoms with Gasteiger partial charge in [0, 0.05) is 6.54 Å². The summed E-state index contributed by atoms with van der Waals surface area (Å²) in [5, 5.41) is 20.4. The Balaban J connectivity index is 2.53. The van der Waals surface area contributed by atoms with Crippen molar-refractivity contribution in [3.8, 4) is 6.07 Å². The van der Waals surface area contributed by atoms with Crippen LogP contribution in [0.15, 0.2) is 12.4 Å². The van der Waals surface area contributed by atoms with Gasteiger partial charge in [0.1, 0.15) is 11.9 Å². The molecule has 0 aromatic carbocycles. The lowest BCUT2D eigenvalue weighted by molar-refractivity contribution is -0.141. The third kappa shape index (κ3) is 4.07. The van der Waals surface area contributed by atoms with E-state index in [1.54, 1.807) is 0 Å². The molecule has 0 fully saturated rings. The standard InChI is InChI=1S/C11H14N4O2/c1-2-3-8(11(16)17)5-14-10-7-13-9(4-12)6-15-10/h6-8H,2-3,5H2,1H3,(H,14,15)(H,16,17). The van der Waals surface area contributed by atoms with Crippen molar-refractivity contribution < 1.29 is 9.90 Å². The minimum Gasteiger partial charge on any atom is -0.481 e. The average molecular weight is 234 g/mol. The van der Waals surface area contributed by atoms with Gasteiger partial charge in [-0.15, -0.1) is 0 Å². The maximum atomic E-state index is 10.9. The van der Waals surface area contributed by atoms with Gasteiger partial charge in [0.05, 0.1) is 18.3 Å². The Morgan fingerprint density at radius 2 is 2.35 bits per heavy atom. The normalized spacial score (nSPS) is 11.5. The van der Waals surface area contributed by atoms with Crippen LogP contribution in [0.1, 0.15) is 25.5 Å². The van der Waals surface area contributed by atoms with Crippen molar-refractivity contribution in [1.82, 2.24) is 9.97 Å². The molecule has 90 valence electrons. The van der Waals surface area contributed by atoms with E-state index in [9.17, 15) is 4.79 Å². The minimum atomic E-state index is -0.819. The van der Waals surface area contributed by atoms with E-state index >= 15 is 0 Å². The summed E-state index contributed by atoms with van der Waals surface area (Å²) in [6.45, 7) is 2.25. The lowest BCUT2D eigenvalue weighted by Crippen LogP contribution is -2.23. The highest BCUT2D eigenvalue weighted by atomic mass is 16.4. The van der Waals surface area contributed by atoms with Crippen LogP contribution in [0.25, 0.3) is 0 Å². The van der Waals surface area contributed by atoms with Crippen LogP contribution in [0.2, 0.25) is 0 Å². The molecule has 0 saturated heterocycles. The summed E-state index contributed by atoms with van der Waals surface area (Å²) in [5.74, 6) is -0.773. The monoisotopic (exact) mass is 234 g/mol. The van der Waals surface area contributed by atoms with E-state index < -0.39 is 11.9 Å². The molecule has 6 nitrogen and oxygen atoms in total. The van der Waals surface area contributed by atoms with Crippen molar-refractivity contribution >= 4 is 11.8 Å². The van der Waals surface area contributed by atoms with E-state index in [4.69, 9.17) is 10.4 Å². The van der Waals surface area contributed by atoms with Gasteiger partial charge < -0.3 is 10.4 Å². The van der Waals surface area contributed by atoms with Crippen molar-refractivity contribution in [2.45, 2.75) is 19.8 Å². The molecule has 0 amide bonds. The first-order valence-corrected chi connectivity index (χ1v) is 5.36. The molecule has 0 saturated carbocycles. The lowest BCUT2D eigenvalue weighted by Gasteiger charge is -2.12. The Morgan fingerprint density at radius 3 is 2.82 bits per heavy atom. The van der Waals surface area contributed by atoms with Crippen LogP contribution in [0, 0.1) is 17.2 Å². The molecule has 2 N–H and O–H groups in total. The highest BCUT2D eigenvalue weighted by Crippen LogP contribution is 2.08. The van der Waals surface area contributed by atoms with Gasteiger partial charge in [-0.3, -0.25) is 4.79 Å². The van der Waals surface area contributed by atoms with Gasteiger partial charge in [0.2, 0.25) is 0 Å². The molecule has 1 aromatic heterocycles. The second kappa shape index (κ2) is 6.43. The van der Waals surface area contributed by atoms with Gasteiger partial charge in [-0.05, 0) is 6.42 Å². The fourth-order valence-electron chi connectivity index (χ4n) is 1.37. The number of nitrogens with zero attached hydrogens (tertiary/aromatic N) is 3. The van der Waals surface area contributed by atoms with Crippen LogP contribution in [-0.2, 0) is 4.79 Å². The molecule has 6 heteroatoms. The zero-order chi connectivity index (χ0) is 12.7. The zero-order valence-electron chi connectivity index (χ0n) is 9.55. The van der Waals surface area contributed by atoms with Crippen molar-refractivity contribution in [2.75, 3.05) is 11.9 Å². The summed E-state index contributed by atoms with van der Waals surface area (Å²) in [5.41, 5.74) is 0.235. The molecule has 1 aromatic rings. The van der Waals surface area contributed by atoms with Gasteiger partial charge in [-0.2, -0.15) is 5.26 Å². The maximum absolute atomic E-state index is 10.9. The van der Waals surface area contributed by atoms with Crippen LogP contribution in [0.4, 0.5) is 5.82 Å². The molecule has 0 aliphatic carbocycles. The third-order valence-electron chi connectivity index (χ3n) is 2.28. The molecule has 1 atom stereocenters. The first kappa shape index (κ1) is 12.9. The summed E-state index contributed by atoms with van der Waals surface area (Å²) in [6.07, 6.45) is 4.20. The molecule has 0 aliphatic rings. The Kier molecular flexibility index (Phi) is 4.88. The van der Waals surface area contributed by atoms with Crippen LogP contribution in [0.5, 0.6) is 0 Å². The SMILES string of the molecule is CCCC(CNc1cnc(C#N)cn1)C(=O)O. The minimum absolute atomic E-state index is 0.235. The number of anilines is 1. The second-order valence-corrected chi connectivity index (χ2v) is 3.60. The van der Waals surface area contributed by atoms with E-state index in [-0.39, 0.29) is 5.69 Å². The molecule has 17 heavy (non-hydrogen) atoms. The van der Waals surface area contributed by atoms with Crippen molar-refractivity contribution in [3.63, 3.8) is 0 Å². The van der Waals surface area contributed by atoms with E-state index in [1.165, 1.54) is 12.4 Å². The smallest absolute Gasteiger partial charge is 0.308 e. The van der Waals surface area contributed by atoms with Crippen molar-refractivity contribution in [2.24, 2.45) is 5.92 Å². The summed E-state index contributed by atoms with van der Waals surface area (Å²) < 4.78 is 0. The molecule has 1 heterocycles. The zero-order valence-corrected chi connectivity index (χ0v) is 9.55. The Labute approximate surface area is 99.3 Å². The third-order valence-corrected chi connectivity index (χ3v) is 2.28. The van der Waals surface area contributed by atoms with Crippen LogP contribution >= 0.6 is 0 Å². The van der Waals surface area contributed by atoms with Crippen LogP contribution < -0.4 is 5.32 Å². The topological polar surface area (TPSA) is 98.9 Å². The number of hydrogen-bond donors (Lipinski definition) is 2. The van der Waals surface area contributed by atoms with E-state index in [0.717, 1.165) is 6.42 Å². The predicted octanol–water partition coefficient (Wildman–Crippen LogP) is 1.26. The first-order valence-electron chi connectivity index (χ1n) is 5.36. The summed E-state index contributed by atoms with van der Waals surface area (Å²) >= 11 is 0. The van der Waals surface area contributed by atoms with E-state index in [1.807, 2.05) is 13.0 Å². The van der Waals surface area contributed by atoms with Gasteiger partial charge in [0.15, 0.2) is 5.69 Å². The van der Waals surface area contributed by atoms with E-state index in [0.29, 0.717) is 18.8 Å². The molecule has 0 bridgehead atoms. The van der Waals surface area contributed by atoms with Crippen LogP contribution in [-0.4, -0.2) is 27.6 Å². The van der Waals surface area contributed by atoms with Crippen LogP contribution in [0.3, 0.4) is 0 Å². The molecule has 0 aliphatic heterocycles. The number of aromatic nitrogens is 2. The van der Waals surface area contributed by atoms with E-state index in [2.05, 4.69) is 15.3 Å². The molecule has 0 spiro atoms.